The molecule has 1 rings (SSSR count). The highest BCUT2D eigenvalue weighted by Crippen LogP contribution is 2.27. The summed E-state index contributed by atoms with van der Waals surface area (Å²) >= 11 is 9.15. The van der Waals surface area contributed by atoms with Crippen LogP contribution in [-0.4, -0.2) is 25.8 Å². The number of alkyl halides is 1. The van der Waals surface area contributed by atoms with Crippen molar-refractivity contribution in [3.8, 4) is 0 Å². The fourth-order valence-corrected chi connectivity index (χ4v) is 4.77. The molecule has 0 heterocycles. The molecule has 0 aliphatic heterocycles. The van der Waals surface area contributed by atoms with Crippen LogP contribution in [0.15, 0.2) is 27.6 Å². The molecular weight excluding hydrogens is 374 g/mol. The molecule has 0 aromatic heterocycles. The number of sulfonamides is 1. The zero-order valence-electron chi connectivity index (χ0n) is 12.6. The monoisotopic (exact) mass is 395 g/mol. The second kappa shape index (κ2) is 9.13. The lowest BCUT2D eigenvalue weighted by Gasteiger charge is -2.22. The number of unbranched alkanes of at least 4 members (excludes halogenated alkanes) is 2. The fraction of sp³-hybridized carbons (Fsp3) is 0.600. The van der Waals surface area contributed by atoms with E-state index in [1.807, 2.05) is 0 Å². The van der Waals surface area contributed by atoms with Gasteiger partial charge in [0, 0.05) is 23.4 Å². The van der Waals surface area contributed by atoms with Crippen LogP contribution in [0.25, 0.3) is 0 Å². The summed E-state index contributed by atoms with van der Waals surface area (Å²) in [4.78, 5) is 0.323. The van der Waals surface area contributed by atoms with E-state index in [2.05, 4.69) is 29.8 Å². The van der Waals surface area contributed by atoms with Gasteiger partial charge < -0.3 is 0 Å². The molecule has 0 aliphatic carbocycles. The summed E-state index contributed by atoms with van der Waals surface area (Å²) in [6, 6.07) is 5.18. The van der Waals surface area contributed by atoms with Gasteiger partial charge in [-0.15, -0.1) is 11.6 Å². The van der Waals surface area contributed by atoms with Crippen LogP contribution in [0.2, 0.25) is 0 Å². The van der Waals surface area contributed by atoms with E-state index in [9.17, 15) is 8.42 Å². The second-order valence-electron chi connectivity index (χ2n) is 5.01. The summed E-state index contributed by atoms with van der Waals surface area (Å²) in [6.07, 6.45) is 3.70. The van der Waals surface area contributed by atoms with E-state index in [0.717, 1.165) is 31.2 Å². The maximum Gasteiger partial charge on any atom is 0.244 e. The van der Waals surface area contributed by atoms with E-state index in [1.54, 1.807) is 22.5 Å². The highest BCUT2D eigenvalue weighted by atomic mass is 79.9. The number of benzene rings is 1. The first-order valence-electron chi connectivity index (χ1n) is 7.31. The molecule has 0 unspecified atom stereocenters. The molecule has 0 aliphatic rings. The summed E-state index contributed by atoms with van der Waals surface area (Å²) < 4.78 is 27.8. The van der Waals surface area contributed by atoms with Gasteiger partial charge in [0.1, 0.15) is 0 Å². The molecule has 0 spiro atoms. The summed E-state index contributed by atoms with van der Waals surface area (Å²) in [5.74, 6) is 0.369. The Balaban J connectivity index is 3.08. The Hall–Kier alpha value is -0.100. The maximum absolute atomic E-state index is 12.8. The SMILES string of the molecule is CCCCN(CCCC)S(=O)(=O)c1ccc(CCl)cc1Br. The third kappa shape index (κ3) is 5.23. The van der Waals surface area contributed by atoms with Crippen molar-refractivity contribution in [2.45, 2.75) is 50.3 Å². The Bertz CT molecular complexity index is 541. The average Bonchev–Trinajstić information content (AvgIpc) is 2.46. The van der Waals surface area contributed by atoms with Crippen LogP contribution in [0, 0.1) is 0 Å². The highest BCUT2D eigenvalue weighted by molar-refractivity contribution is 9.10. The van der Waals surface area contributed by atoms with Crippen molar-refractivity contribution in [1.29, 1.82) is 0 Å². The molecule has 120 valence electrons. The van der Waals surface area contributed by atoms with Crippen LogP contribution in [0.1, 0.15) is 45.1 Å². The molecule has 0 atom stereocenters. The lowest BCUT2D eigenvalue weighted by atomic mass is 10.2. The zero-order chi connectivity index (χ0) is 15.9. The lowest BCUT2D eigenvalue weighted by molar-refractivity contribution is 0.395. The summed E-state index contributed by atoms with van der Waals surface area (Å²) in [7, 11) is -3.46. The van der Waals surface area contributed by atoms with Crippen molar-refractivity contribution >= 4 is 37.6 Å². The standard InChI is InChI=1S/C15H23BrClNO2S/c1-3-5-9-18(10-6-4-2)21(19,20)15-8-7-13(12-17)11-14(15)16/h7-8,11H,3-6,9-10,12H2,1-2H3. The Morgan fingerprint density at radius 1 is 1.14 bits per heavy atom. The van der Waals surface area contributed by atoms with Gasteiger partial charge in [0.2, 0.25) is 10.0 Å². The first-order chi connectivity index (χ1) is 9.97. The Morgan fingerprint density at radius 2 is 1.71 bits per heavy atom. The van der Waals surface area contributed by atoms with E-state index < -0.39 is 10.0 Å². The summed E-state index contributed by atoms with van der Waals surface area (Å²) in [5, 5.41) is 0. The quantitative estimate of drug-likeness (QED) is 0.563. The number of hydrogen-bond acceptors (Lipinski definition) is 2. The van der Waals surface area contributed by atoms with Gasteiger partial charge in [-0.1, -0.05) is 32.8 Å². The van der Waals surface area contributed by atoms with Crippen LogP contribution in [0.3, 0.4) is 0 Å². The minimum Gasteiger partial charge on any atom is -0.207 e. The number of nitrogens with zero attached hydrogens (tertiary/aromatic N) is 1. The van der Waals surface area contributed by atoms with Crippen LogP contribution >= 0.6 is 27.5 Å². The Labute approximate surface area is 141 Å². The van der Waals surface area contributed by atoms with E-state index in [-0.39, 0.29) is 0 Å². The van der Waals surface area contributed by atoms with Crippen LogP contribution in [0.5, 0.6) is 0 Å². The molecule has 0 N–H and O–H groups in total. The highest BCUT2D eigenvalue weighted by Gasteiger charge is 2.25. The summed E-state index contributed by atoms with van der Waals surface area (Å²) in [5.41, 5.74) is 0.899. The molecular formula is C15H23BrClNO2S. The number of rotatable bonds is 9. The van der Waals surface area contributed by atoms with Crippen molar-refractivity contribution in [1.82, 2.24) is 4.31 Å². The second-order valence-corrected chi connectivity index (χ2v) is 8.04. The van der Waals surface area contributed by atoms with Crippen LogP contribution < -0.4 is 0 Å². The van der Waals surface area contributed by atoms with Crippen molar-refractivity contribution in [3.63, 3.8) is 0 Å². The lowest BCUT2D eigenvalue weighted by Crippen LogP contribution is -2.33. The molecule has 3 nitrogen and oxygen atoms in total. The van der Waals surface area contributed by atoms with Gasteiger partial charge >= 0.3 is 0 Å². The molecule has 0 saturated heterocycles. The van der Waals surface area contributed by atoms with Crippen molar-refractivity contribution in [2.75, 3.05) is 13.1 Å². The Kier molecular flexibility index (Phi) is 8.24. The fourth-order valence-electron chi connectivity index (χ4n) is 2.00. The first-order valence-corrected chi connectivity index (χ1v) is 10.1. The first kappa shape index (κ1) is 18.9. The van der Waals surface area contributed by atoms with Gasteiger partial charge in [-0.3, -0.25) is 0 Å². The average molecular weight is 397 g/mol. The predicted molar refractivity (Wildman–Crippen MR) is 92.3 cm³/mol. The molecule has 0 amide bonds. The largest absolute Gasteiger partial charge is 0.244 e. The van der Waals surface area contributed by atoms with E-state index in [1.165, 1.54) is 0 Å². The number of halogens is 2. The van der Waals surface area contributed by atoms with Gasteiger partial charge in [0.15, 0.2) is 0 Å². The van der Waals surface area contributed by atoms with Crippen molar-refractivity contribution < 1.29 is 8.42 Å². The molecule has 0 fully saturated rings. The maximum atomic E-state index is 12.8. The molecule has 0 saturated carbocycles. The predicted octanol–water partition coefficient (Wildman–Crippen LogP) is 4.78. The van der Waals surface area contributed by atoms with Gasteiger partial charge in [0.05, 0.1) is 4.90 Å². The van der Waals surface area contributed by atoms with Gasteiger partial charge in [0.25, 0.3) is 0 Å². The van der Waals surface area contributed by atoms with Gasteiger partial charge in [-0.05, 0) is 46.5 Å². The van der Waals surface area contributed by atoms with Crippen LogP contribution in [-0.2, 0) is 15.9 Å². The molecule has 1 aromatic carbocycles. The normalized spacial score (nSPS) is 12.0. The zero-order valence-corrected chi connectivity index (χ0v) is 15.8. The third-order valence-electron chi connectivity index (χ3n) is 3.29. The summed E-state index contributed by atoms with van der Waals surface area (Å²) in [6.45, 7) is 5.27. The third-order valence-corrected chi connectivity index (χ3v) is 6.47. The molecule has 0 bridgehead atoms. The smallest absolute Gasteiger partial charge is 0.207 e. The topological polar surface area (TPSA) is 37.4 Å². The van der Waals surface area contributed by atoms with E-state index >= 15 is 0 Å². The van der Waals surface area contributed by atoms with Crippen molar-refractivity contribution in [3.05, 3.63) is 28.2 Å². The van der Waals surface area contributed by atoms with E-state index in [4.69, 9.17) is 11.6 Å². The molecule has 6 heteroatoms. The molecule has 21 heavy (non-hydrogen) atoms. The number of hydrogen-bond donors (Lipinski definition) is 0. The van der Waals surface area contributed by atoms with Gasteiger partial charge in [-0.2, -0.15) is 4.31 Å². The van der Waals surface area contributed by atoms with E-state index in [0.29, 0.717) is 28.3 Å². The minimum absolute atomic E-state index is 0.323. The molecule has 1 aromatic rings. The van der Waals surface area contributed by atoms with Crippen LogP contribution in [0.4, 0.5) is 0 Å². The van der Waals surface area contributed by atoms with Gasteiger partial charge in [-0.25, -0.2) is 8.42 Å². The van der Waals surface area contributed by atoms with Crippen molar-refractivity contribution in [2.24, 2.45) is 0 Å². The Morgan fingerprint density at radius 3 is 2.14 bits per heavy atom. The molecule has 0 radical (unpaired) electrons. The minimum atomic E-state index is -3.46.